The van der Waals surface area contributed by atoms with Gasteiger partial charge in [0, 0.05) is 12.5 Å². The van der Waals surface area contributed by atoms with Crippen LogP contribution in [0, 0.1) is 0 Å². The summed E-state index contributed by atoms with van der Waals surface area (Å²) in [6.07, 6.45) is 0.903. The monoisotopic (exact) mass is 230 g/mol. The number of anilines is 1. The van der Waals surface area contributed by atoms with E-state index in [1.807, 2.05) is 12.1 Å². The molecule has 4 nitrogen and oxygen atoms in total. The minimum absolute atomic E-state index is 0.163. The fraction of sp³-hybridized carbons (Fsp3) is 0.308. The van der Waals surface area contributed by atoms with E-state index in [9.17, 15) is 0 Å². The lowest BCUT2D eigenvalue weighted by Crippen LogP contribution is -2.24. The van der Waals surface area contributed by atoms with E-state index in [0.29, 0.717) is 11.6 Å². The Morgan fingerprint density at radius 1 is 1.35 bits per heavy atom. The smallest absolute Gasteiger partial charge is 0.172 e. The first-order chi connectivity index (χ1) is 8.05. The van der Waals surface area contributed by atoms with Gasteiger partial charge in [0.25, 0.3) is 0 Å². The molecule has 4 heteroatoms. The van der Waals surface area contributed by atoms with E-state index in [4.69, 9.17) is 15.0 Å². The fourth-order valence-electron chi connectivity index (χ4n) is 2.23. The number of aromatic nitrogens is 1. The molecule has 2 N–H and O–H groups in total. The molecule has 0 aliphatic carbocycles. The Kier molecular flexibility index (Phi) is 1.96. The number of nitrogen functional groups attached to an aromatic ring is 1. The van der Waals surface area contributed by atoms with Crippen molar-refractivity contribution in [3.8, 4) is 17.1 Å². The van der Waals surface area contributed by atoms with Gasteiger partial charge in [-0.25, -0.2) is 0 Å². The Balaban J connectivity index is 2.12. The summed E-state index contributed by atoms with van der Waals surface area (Å²) in [6, 6.07) is 7.75. The van der Waals surface area contributed by atoms with Crippen molar-refractivity contribution in [2.75, 3.05) is 5.73 Å². The number of hydrogen-bond acceptors (Lipinski definition) is 4. The SMILES string of the molecule is CC1(C)Cc2cccc(-c3cc(N)no3)c2O1. The molecule has 0 fully saturated rings. The van der Waals surface area contributed by atoms with E-state index in [1.54, 1.807) is 6.07 Å². The molecule has 1 aromatic heterocycles. The van der Waals surface area contributed by atoms with Gasteiger partial charge in [-0.15, -0.1) is 0 Å². The number of fused-ring (bicyclic) bond motifs is 1. The number of nitrogens with zero attached hydrogens (tertiary/aromatic N) is 1. The number of nitrogens with two attached hydrogens (primary N) is 1. The van der Waals surface area contributed by atoms with Gasteiger partial charge in [-0.3, -0.25) is 0 Å². The van der Waals surface area contributed by atoms with Crippen molar-refractivity contribution in [2.24, 2.45) is 0 Å². The molecule has 0 amide bonds. The van der Waals surface area contributed by atoms with Crippen LogP contribution in [0.25, 0.3) is 11.3 Å². The van der Waals surface area contributed by atoms with Crippen molar-refractivity contribution >= 4 is 5.82 Å². The molecule has 0 atom stereocenters. The summed E-state index contributed by atoms with van der Waals surface area (Å²) in [6.45, 7) is 4.15. The molecule has 0 spiro atoms. The molecule has 3 rings (SSSR count). The predicted octanol–water partition coefficient (Wildman–Crippen LogP) is 2.64. The summed E-state index contributed by atoms with van der Waals surface area (Å²) in [5.41, 5.74) is 7.52. The number of hydrogen-bond donors (Lipinski definition) is 1. The number of rotatable bonds is 1. The summed E-state index contributed by atoms with van der Waals surface area (Å²) in [5.74, 6) is 1.92. The highest BCUT2D eigenvalue weighted by Crippen LogP contribution is 2.42. The van der Waals surface area contributed by atoms with E-state index < -0.39 is 0 Å². The molecule has 0 radical (unpaired) electrons. The van der Waals surface area contributed by atoms with Gasteiger partial charge in [0.1, 0.15) is 11.4 Å². The highest BCUT2D eigenvalue weighted by Gasteiger charge is 2.32. The minimum Gasteiger partial charge on any atom is -0.486 e. The Hall–Kier alpha value is -1.97. The van der Waals surface area contributed by atoms with E-state index in [0.717, 1.165) is 17.7 Å². The van der Waals surface area contributed by atoms with E-state index in [2.05, 4.69) is 25.1 Å². The Morgan fingerprint density at radius 2 is 2.18 bits per heavy atom. The third kappa shape index (κ3) is 1.65. The highest BCUT2D eigenvalue weighted by molar-refractivity contribution is 5.70. The van der Waals surface area contributed by atoms with Crippen LogP contribution in [-0.4, -0.2) is 10.8 Å². The molecule has 2 heterocycles. The average Bonchev–Trinajstić information content (AvgIpc) is 2.78. The number of ether oxygens (including phenoxy) is 1. The van der Waals surface area contributed by atoms with E-state index in [1.165, 1.54) is 5.56 Å². The summed E-state index contributed by atoms with van der Waals surface area (Å²) < 4.78 is 11.1. The molecule has 1 aliphatic heterocycles. The van der Waals surface area contributed by atoms with Crippen LogP contribution in [0.5, 0.6) is 5.75 Å². The van der Waals surface area contributed by atoms with Gasteiger partial charge in [0.05, 0.1) is 5.56 Å². The fourth-order valence-corrected chi connectivity index (χ4v) is 2.23. The second-order valence-corrected chi connectivity index (χ2v) is 4.95. The van der Waals surface area contributed by atoms with Gasteiger partial charge in [-0.05, 0) is 25.5 Å². The molecule has 88 valence electrons. The Morgan fingerprint density at radius 3 is 2.88 bits per heavy atom. The molecule has 0 bridgehead atoms. The quantitative estimate of drug-likeness (QED) is 0.818. The summed E-state index contributed by atoms with van der Waals surface area (Å²) in [5, 5.41) is 3.70. The second-order valence-electron chi connectivity index (χ2n) is 4.95. The summed E-state index contributed by atoms with van der Waals surface area (Å²) >= 11 is 0. The standard InChI is InChI=1S/C13H14N2O2/c1-13(2)7-8-4-3-5-9(12(8)16-13)10-6-11(14)15-17-10/h3-6H,7H2,1-2H3,(H2,14,15). The van der Waals surface area contributed by atoms with Gasteiger partial charge < -0.3 is 15.0 Å². The second kappa shape index (κ2) is 3.26. The first-order valence-electron chi connectivity index (χ1n) is 5.59. The zero-order valence-corrected chi connectivity index (χ0v) is 9.86. The maximum absolute atomic E-state index is 5.96. The largest absolute Gasteiger partial charge is 0.486 e. The molecular formula is C13H14N2O2. The van der Waals surface area contributed by atoms with Crippen LogP contribution in [0.1, 0.15) is 19.4 Å². The average molecular weight is 230 g/mol. The normalized spacial score (nSPS) is 16.6. The van der Waals surface area contributed by atoms with Crippen molar-refractivity contribution in [1.29, 1.82) is 0 Å². The molecule has 0 saturated heterocycles. The highest BCUT2D eigenvalue weighted by atomic mass is 16.5. The van der Waals surface area contributed by atoms with Crippen LogP contribution in [0.4, 0.5) is 5.82 Å². The zero-order valence-electron chi connectivity index (χ0n) is 9.86. The lowest BCUT2D eigenvalue weighted by molar-refractivity contribution is 0.139. The van der Waals surface area contributed by atoms with Gasteiger partial charge in [-0.1, -0.05) is 17.3 Å². The summed E-state index contributed by atoms with van der Waals surface area (Å²) in [4.78, 5) is 0. The van der Waals surface area contributed by atoms with Gasteiger partial charge in [0.2, 0.25) is 0 Å². The molecule has 17 heavy (non-hydrogen) atoms. The van der Waals surface area contributed by atoms with Crippen molar-refractivity contribution in [3.05, 3.63) is 29.8 Å². The van der Waals surface area contributed by atoms with Crippen LogP contribution >= 0.6 is 0 Å². The minimum atomic E-state index is -0.163. The van der Waals surface area contributed by atoms with Crippen molar-refractivity contribution in [2.45, 2.75) is 25.9 Å². The Labute approximate surface area is 99.4 Å². The van der Waals surface area contributed by atoms with Crippen LogP contribution in [0.2, 0.25) is 0 Å². The third-order valence-corrected chi connectivity index (χ3v) is 2.88. The molecule has 2 aromatic rings. The predicted molar refractivity (Wildman–Crippen MR) is 64.8 cm³/mol. The van der Waals surface area contributed by atoms with Crippen LogP contribution in [0.15, 0.2) is 28.8 Å². The van der Waals surface area contributed by atoms with Gasteiger partial charge in [-0.2, -0.15) is 0 Å². The first-order valence-corrected chi connectivity index (χ1v) is 5.59. The lowest BCUT2D eigenvalue weighted by atomic mass is 10.00. The zero-order chi connectivity index (χ0) is 12.0. The Bertz CT molecular complexity index is 573. The third-order valence-electron chi connectivity index (χ3n) is 2.88. The lowest BCUT2D eigenvalue weighted by Gasteiger charge is -2.17. The molecule has 1 aromatic carbocycles. The van der Waals surface area contributed by atoms with E-state index >= 15 is 0 Å². The van der Waals surface area contributed by atoms with Crippen molar-refractivity contribution in [1.82, 2.24) is 5.16 Å². The maximum atomic E-state index is 5.96. The van der Waals surface area contributed by atoms with Gasteiger partial charge in [0.15, 0.2) is 11.6 Å². The van der Waals surface area contributed by atoms with Gasteiger partial charge >= 0.3 is 0 Å². The van der Waals surface area contributed by atoms with Crippen molar-refractivity contribution < 1.29 is 9.26 Å². The van der Waals surface area contributed by atoms with Crippen LogP contribution in [-0.2, 0) is 6.42 Å². The molecule has 0 saturated carbocycles. The maximum Gasteiger partial charge on any atom is 0.172 e. The van der Waals surface area contributed by atoms with Crippen LogP contribution < -0.4 is 10.5 Å². The first kappa shape index (κ1) is 10.2. The number of para-hydroxylation sites is 1. The topological polar surface area (TPSA) is 61.3 Å². The molecule has 0 unspecified atom stereocenters. The molecular weight excluding hydrogens is 216 g/mol. The van der Waals surface area contributed by atoms with Crippen LogP contribution in [0.3, 0.4) is 0 Å². The number of benzene rings is 1. The molecule has 1 aliphatic rings. The van der Waals surface area contributed by atoms with E-state index in [-0.39, 0.29) is 5.60 Å². The van der Waals surface area contributed by atoms with Crippen molar-refractivity contribution in [3.63, 3.8) is 0 Å². The summed E-state index contributed by atoms with van der Waals surface area (Å²) in [7, 11) is 0.